The summed E-state index contributed by atoms with van der Waals surface area (Å²) < 4.78 is 1.19. The van der Waals surface area contributed by atoms with Gasteiger partial charge in [0, 0.05) is 17.1 Å². The molecule has 3 heteroatoms. The van der Waals surface area contributed by atoms with Gasteiger partial charge < -0.3 is 10.4 Å². The van der Waals surface area contributed by atoms with Gasteiger partial charge in [0.1, 0.15) is 0 Å². The van der Waals surface area contributed by atoms with Gasteiger partial charge in [-0.05, 0) is 73.7 Å². The zero-order valence-electron chi connectivity index (χ0n) is 11.9. The van der Waals surface area contributed by atoms with E-state index in [0.717, 1.165) is 13.0 Å². The molecule has 0 saturated heterocycles. The summed E-state index contributed by atoms with van der Waals surface area (Å²) in [5, 5.41) is 13.2. The Balaban J connectivity index is 1.54. The van der Waals surface area contributed by atoms with Gasteiger partial charge >= 0.3 is 0 Å². The van der Waals surface area contributed by atoms with E-state index in [-0.39, 0.29) is 0 Å². The predicted octanol–water partition coefficient (Wildman–Crippen LogP) is 3.30. The first-order valence-corrected chi connectivity index (χ1v) is 8.67. The van der Waals surface area contributed by atoms with Gasteiger partial charge in [-0.1, -0.05) is 28.4 Å². The van der Waals surface area contributed by atoms with E-state index < -0.39 is 0 Å². The van der Waals surface area contributed by atoms with Crippen molar-refractivity contribution in [1.29, 1.82) is 0 Å². The van der Waals surface area contributed by atoms with Crippen molar-refractivity contribution in [2.75, 3.05) is 13.2 Å². The molecule has 0 aliphatic heterocycles. The second-order valence-electron chi connectivity index (χ2n) is 6.39. The monoisotopic (exact) mass is 337 g/mol. The number of nitrogens with one attached hydrogen (secondary N) is 1. The van der Waals surface area contributed by atoms with Crippen LogP contribution >= 0.6 is 15.9 Å². The lowest BCUT2D eigenvalue weighted by atomic mass is 9.87. The third-order valence-corrected chi connectivity index (χ3v) is 5.61. The van der Waals surface area contributed by atoms with E-state index in [1.807, 2.05) is 0 Å². The first-order chi connectivity index (χ1) is 9.76. The van der Waals surface area contributed by atoms with Crippen molar-refractivity contribution in [2.45, 2.75) is 44.6 Å². The standard InChI is InChI=1S/C17H24BrNO/c18-16-6-4-13-9-17(7-5-12(13)8-16)19-10-14-2-1-3-15(14)11-20/h4,6,8,14-15,17,19-20H,1-3,5,7,9-11H2. The van der Waals surface area contributed by atoms with E-state index in [0.29, 0.717) is 24.5 Å². The Morgan fingerprint density at radius 2 is 2.00 bits per heavy atom. The highest BCUT2D eigenvalue weighted by Crippen LogP contribution is 2.31. The van der Waals surface area contributed by atoms with Crippen LogP contribution in [0.4, 0.5) is 0 Å². The molecule has 0 bridgehead atoms. The molecular formula is C17H24BrNO. The molecule has 2 aliphatic carbocycles. The number of aliphatic hydroxyl groups is 1. The lowest BCUT2D eigenvalue weighted by Crippen LogP contribution is -2.38. The van der Waals surface area contributed by atoms with Gasteiger partial charge in [0.2, 0.25) is 0 Å². The average Bonchev–Trinajstić information content (AvgIpc) is 2.92. The molecule has 1 aromatic rings. The zero-order valence-corrected chi connectivity index (χ0v) is 13.5. The van der Waals surface area contributed by atoms with Crippen LogP contribution < -0.4 is 5.32 Å². The van der Waals surface area contributed by atoms with Crippen molar-refractivity contribution in [3.05, 3.63) is 33.8 Å². The molecule has 110 valence electrons. The summed E-state index contributed by atoms with van der Waals surface area (Å²) in [5.74, 6) is 1.22. The lowest BCUT2D eigenvalue weighted by molar-refractivity contribution is 0.189. The van der Waals surface area contributed by atoms with Gasteiger partial charge in [0.05, 0.1) is 0 Å². The summed E-state index contributed by atoms with van der Waals surface area (Å²) in [6.45, 7) is 1.45. The quantitative estimate of drug-likeness (QED) is 0.883. The molecule has 20 heavy (non-hydrogen) atoms. The van der Waals surface area contributed by atoms with Crippen LogP contribution in [0, 0.1) is 11.8 Å². The molecule has 3 unspecified atom stereocenters. The van der Waals surface area contributed by atoms with E-state index in [4.69, 9.17) is 0 Å². The summed E-state index contributed by atoms with van der Waals surface area (Å²) in [6, 6.07) is 7.30. The van der Waals surface area contributed by atoms with Crippen LogP contribution in [0.25, 0.3) is 0 Å². The number of benzene rings is 1. The molecule has 1 aromatic carbocycles. The van der Waals surface area contributed by atoms with Crippen molar-refractivity contribution in [3.63, 3.8) is 0 Å². The van der Waals surface area contributed by atoms with Gasteiger partial charge in [0.25, 0.3) is 0 Å². The van der Waals surface area contributed by atoms with Gasteiger partial charge in [0.15, 0.2) is 0 Å². The van der Waals surface area contributed by atoms with Crippen molar-refractivity contribution >= 4 is 15.9 Å². The minimum absolute atomic E-state index is 0.369. The Morgan fingerprint density at radius 3 is 2.85 bits per heavy atom. The molecule has 1 fully saturated rings. The van der Waals surface area contributed by atoms with Crippen LogP contribution in [0.15, 0.2) is 22.7 Å². The third kappa shape index (κ3) is 3.26. The Kier molecular flexibility index (Phi) is 4.79. The molecule has 0 amide bonds. The van der Waals surface area contributed by atoms with E-state index in [2.05, 4.69) is 39.4 Å². The number of halogens is 1. The summed E-state index contributed by atoms with van der Waals surface area (Å²) in [6.07, 6.45) is 7.36. The van der Waals surface area contributed by atoms with Crippen molar-refractivity contribution in [3.8, 4) is 0 Å². The van der Waals surface area contributed by atoms with Crippen molar-refractivity contribution in [1.82, 2.24) is 5.32 Å². The van der Waals surface area contributed by atoms with Gasteiger partial charge in [-0.2, -0.15) is 0 Å². The second-order valence-corrected chi connectivity index (χ2v) is 7.31. The topological polar surface area (TPSA) is 32.3 Å². The fraction of sp³-hybridized carbons (Fsp3) is 0.647. The van der Waals surface area contributed by atoms with E-state index in [1.165, 1.54) is 47.7 Å². The summed E-state index contributed by atoms with van der Waals surface area (Å²) in [7, 11) is 0. The number of fused-ring (bicyclic) bond motifs is 1. The smallest absolute Gasteiger partial charge is 0.0462 e. The lowest BCUT2D eigenvalue weighted by Gasteiger charge is -2.28. The second kappa shape index (κ2) is 6.59. The molecule has 3 atom stereocenters. The zero-order chi connectivity index (χ0) is 13.9. The molecule has 2 N–H and O–H groups in total. The largest absolute Gasteiger partial charge is 0.396 e. The highest BCUT2D eigenvalue weighted by atomic mass is 79.9. The van der Waals surface area contributed by atoms with Crippen LogP contribution in [-0.4, -0.2) is 24.3 Å². The van der Waals surface area contributed by atoms with E-state index in [1.54, 1.807) is 0 Å². The molecule has 1 saturated carbocycles. The maximum Gasteiger partial charge on any atom is 0.0462 e. The summed E-state index contributed by atoms with van der Waals surface area (Å²) >= 11 is 3.56. The maximum absolute atomic E-state index is 9.40. The van der Waals surface area contributed by atoms with Gasteiger partial charge in [-0.15, -0.1) is 0 Å². The Morgan fingerprint density at radius 1 is 1.15 bits per heavy atom. The van der Waals surface area contributed by atoms with Crippen LogP contribution in [0.2, 0.25) is 0 Å². The number of rotatable bonds is 4. The average molecular weight is 338 g/mol. The summed E-state index contributed by atoms with van der Waals surface area (Å²) in [4.78, 5) is 0. The number of aliphatic hydroxyl groups excluding tert-OH is 1. The molecule has 0 aromatic heterocycles. The van der Waals surface area contributed by atoms with Crippen LogP contribution in [0.5, 0.6) is 0 Å². The van der Waals surface area contributed by atoms with Gasteiger partial charge in [-0.3, -0.25) is 0 Å². The Labute approximate surface area is 130 Å². The van der Waals surface area contributed by atoms with Crippen LogP contribution in [0.3, 0.4) is 0 Å². The number of hydrogen-bond acceptors (Lipinski definition) is 2. The van der Waals surface area contributed by atoms with Crippen LogP contribution in [0.1, 0.15) is 36.8 Å². The minimum Gasteiger partial charge on any atom is -0.396 e. The molecule has 0 radical (unpaired) electrons. The van der Waals surface area contributed by atoms with Crippen molar-refractivity contribution < 1.29 is 5.11 Å². The fourth-order valence-electron chi connectivity index (χ4n) is 3.84. The maximum atomic E-state index is 9.40. The highest BCUT2D eigenvalue weighted by molar-refractivity contribution is 9.10. The van der Waals surface area contributed by atoms with Crippen molar-refractivity contribution in [2.24, 2.45) is 11.8 Å². The predicted molar refractivity (Wildman–Crippen MR) is 85.9 cm³/mol. The number of aryl methyl sites for hydroxylation is 1. The summed E-state index contributed by atoms with van der Waals surface area (Å²) in [5.41, 5.74) is 3.01. The van der Waals surface area contributed by atoms with Gasteiger partial charge in [-0.25, -0.2) is 0 Å². The molecular weight excluding hydrogens is 314 g/mol. The number of hydrogen-bond donors (Lipinski definition) is 2. The molecule has 0 spiro atoms. The first kappa shape index (κ1) is 14.6. The Hall–Kier alpha value is -0.380. The third-order valence-electron chi connectivity index (χ3n) is 5.12. The minimum atomic E-state index is 0.369. The normalized spacial score (nSPS) is 29.4. The fourth-order valence-corrected chi connectivity index (χ4v) is 4.25. The Bertz CT molecular complexity index is 462. The van der Waals surface area contributed by atoms with E-state index in [9.17, 15) is 5.11 Å². The molecule has 2 aliphatic rings. The molecule has 0 heterocycles. The van der Waals surface area contributed by atoms with E-state index >= 15 is 0 Å². The molecule has 3 rings (SSSR count). The SMILES string of the molecule is OCC1CCCC1CNC1CCc2cc(Br)ccc2C1. The highest BCUT2D eigenvalue weighted by Gasteiger charge is 2.27. The first-order valence-electron chi connectivity index (χ1n) is 7.88. The van der Waals surface area contributed by atoms with Crippen LogP contribution in [-0.2, 0) is 12.8 Å². The molecule has 2 nitrogen and oxygen atoms in total.